The number of aromatic nitrogens is 4. The summed E-state index contributed by atoms with van der Waals surface area (Å²) in [5.41, 5.74) is 3.65. The van der Waals surface area contributed by atoms with Gasteiger partial charge in [0.15, 0.2) is 11.6 Å². The van der Waals surface area contributed by atoms with Crippen molar-refractivity contribution < 1.29 is 23.0 Å². The van der Waals surface area contributed by atoms with Crippen LogP contribution in [0.25, 0.3) is 5.65 Å². The zero-order valence-corrected chi connectivity index (χ0v) is 26.8. The number of rotatable bonds is 12. The van der Waals surface area contributed by atoms with E-state index in [1.165, 1.54) is 0 Å². The maximum atomic E-state index is 13.3. The highest BCUT2D eigenvalue weighted by molar-refractivity contribution is 7.78. The molecule has 0 radical (unpaired) electrons. The predicted octanol–water partition coefficient (Wildman–Crippen LogP) is 5.25. The van der Waals surface area contributed by atoms with Crippen LogP contribution in [0, 0.1) is 12.8 Å². The van der Waals surface area contributed by atoms with Gasteiger partial charge < -0.3 is 19.3 Å². The standard InChI is InChI=1S/C31H42N6O5S/c1-18(2)25-27(41-23-13-10-21(11-14-23)30(39)32-15-16-38)29-34-33-28(37(29)35-25)26(19(3)4)36-43(40)42-24-17-22(31(6,7)8)12-9-20(24)5/h9-14,17-19,26,35-36,38H,15-16H2,1-8H3,(H,32,39). The van der Waals surface area contributed by atoms with Crippen LogP contribution in [-0.2, 0) is 16.7 Å². The summed E-state index contributed by atoms with van der Waals surface area (Å²) in [5.74, 6) is 1.90. The van der Waals surface area contributed by atoms with Gasteiger partial charge in [0, 0.05) is 12.1 Å². The molecular weight excluding hydrogens is 568 g/mol. The van der Waals surface area contributed by atoms with E-state index in [0.29, 0.717) is 34.3 Å². The quantitative estimate of drug-likeness (QED) is 0.172. The maximum Gasteiger partial charge on any atom is 0.288 e. The van der Waals surface area contributed by atoms with E-state index in [-0.39, 0.29) is 36.3 Å². The molecule has 2 unspecified atom stereocenters. The Balaban J connectivity index is 1.60. The number of hydrogen-bond donors (Lipinski definition) is 4. The van der Waals surface area contributed by atoms with Crippen molar-refractivity contribution in [3.8, 4) is 17.2 Å². The molecule has 2 heterocycles. The molecule has 0 aliphatic carbocycles. The number of aliphatic hydroxyl groups excluding tert-OH is 1. The van der Waals surface area contributed by atoms with Crippen LogP contribution in [0.1, 0.15) is 93.4 Å². The highest BCUT2D eigenvalue weighted by Gasteiger charge is 2.29. The first-order chi connectivity index (χ1) is 20.3. The van der Waals surface area contributed by atoms with Crippen molar-refractivity contribution in [3.63, 3.8) is 0 Å². The minimum atomic E-state index is -1.86. The molecule has 232 valence electrons. The molecule has 0 bridgehead atoms. The van der Waals surface area contributed by atoms with E-state index in [1.54, 1.807) is 28.8 Å². The number of ether oxygens (including phenoxy) is 1. The molecule has 11 nitrogen and oxygen atoms in total. The predicted molar refractivity (Wildman–Crippen MR) is 167 cm³/mol. The van der Waals surface area contributed by atoms with Crippen LogP contribution in [0.3, 0.4) is 0 Å². The normalized spacial score (nSPS) is 13.5. The summed E-state index contributed by atoms with van der Waals surface area (Å²) in [5, 5.41) is 23.8. The number of H-pyrrole nitrogens is 1. The summed E-state index contributed by atoms with van der Waals surface area (Å²) in [6, 6.07) is 12.2. The Morgan fingerprint density at radius 2 is 1.79 bits per heavy atom. The van der Waals surface area contributed by atoms with Crippen molar-refractivity contribution in [1.29, 1.82) is 0 Å². The molecule has 4 rings (SSSR count). The average Bonchev–Trinajstić information content (AvgIpc) is 3.51. The second kappa shape index (κ2) is 13.3. The summed E-state index contributed by atoms with van der Waals surface area (Å²) >= 11 is -1.86. The number of carbonyl (C=O) groups excluding carboxylic acids is 1. The van der Waals surface area contributed by atoms with E-state index >= 15 is 0 Å². The number of nitrogens with zero attached hydrogens (tertiary/aromatic N) is 3. The monoisotopic (exact) mass is 610 g/mol. The summed E-state index contributed by atoms with van der Waals surface area (Å²) in [6.07, 6.45) is 0. The molecular formula is C31H42N6O5S. The highest BCUT2D eigenvalue weighted by atomic mass is 32.2. The first-order valence-electron chi connectivity index (χ1n) is 14.4. The lowest BCUT2D eigenvalue weighted by atomic mass is 9.86. The Labute approximate surface area is 255 Å². The summed E-state index contributed by atoms with van der Waals surface area (Å²) in [7, 11) is 0. The lowest BCUT2D eigenvalue weighted by Gasteiger charge is -2.22. The second-order valence-electron chi connectivity index (χ2n) is 12.2. The fourth-order valence-corrected chi connectivity index (χ4v) is 5.43. The van der Waals surface area contributed by atoms with E-state index in [2.05, 4.69) is 52.2 Å². The van der Waals surface area contributed by atoms with Crippen molar-refractivity contribution in [2.24, 2.45) is 5.92 Å². The van der Waals surface area contributed by atoms with Crippen molar-refractivity contribution in [3.05, 3.63) is 70.7 Å². The first kappa shape index (κ1) is 32.2. The molecule has 0 aliphatic heterocycles. The zero-order chi connectivity index (χ0) is 31.5. The average molecular weight is 611 g/mol. The molecule has 0 spiro atoms. The van der Waals surface area contributed by atoms with E-state index in [0.717, 1.165) is 16.8 Å². The Morgan fingerprint density at radius 1 is 1.09 bits per heavy atom. The molecule has 43 heavy (non-hydrogen) atoms. The number of carbonyl (C=O) groups is 1. The third kappa shape index (κ3) is 7.43. The molecule has 2 atom stereocenters. The van der Waals surface area contributed by atoms with Gasteiger partial charge in [-0.15, -0.1) is 10.2 Å². The molecule has 4 aromatic rings. The minimum Gasteiger partial charge on any atom is -0.451 e. The van der Waals surface area contributed by atoms with E-state index in [9.17, 15) is 9.00 Å². The SMILES string of the molecule is Cc1ccc(C(C)(C)C)cc1OS(=O)NC(c1nnc2c(Oc3ccc(C(=O)NCCO)cc3)c(C(C)C)[nH]n12)C(C)C. The summed E-state index contributed by atoms with van der Waals surface area (Å²) < 4.78 is 30.3. The van der Waals surface area contributed by atoms with Crippen LogP contribution in [-0.4, -0.2) is 48.2 Å². The van der Waals surface area contributed by atoms with Crippen LogP contribution in [0.5, 0.6) is 17.2 Å². The molecule has 0 saturated heterocycles. The maximum absolute atomic E-state index is 13.3. The van der Waals surface area contributed by atoms with Gasteiger partial charge >= 0.3 is 0 Å². The molecule has 0 saturated carbocycles. The highest BCUT2D eigenvalue weighted by Crippen LogP contribution is 2.35. The summed E-state index contributed by atoms with van der Waals surface area (Å²) in [4.78, 5) is 12.2. The number of hydrogen-bond acceptors (Lipinski definition) is 7. The number of aromatic amines is 1. The van der Waals surface area contributed by atoms with Gasteiger partial charge in [-0.3, -0.25) is 9.89 Å². The number of benzene rings is 2. The van der Waals surface area contributed by atoms with Crippen molar-refractivity contribution >= 4 is 22.8 Å². The fourth-order valence-electron chi connectivity index (χ4n) is 4.45. The van der Waals surface area contributed by atoms with Crippen molar-refractivity contribution in [2.45, 2.75) is 72.8 Å². The zero-order valence-electron chi connectivity index (χ0n) is 26.0. The third-order valence-corrected chi connectivity index (χ3v) is 7.84. The Bertz CT molecular complexity index is 1590. The van der Waals surface area contributed by atoms with Gasteiger partial charge in [-0.1, -0.05) is 60.6 Å². The van der Waals surface area contributed by atoms with Gasteiger partial charge in [0.1, 0.15) is 11.5 Å². The Hall–Kier alpha value is -3.74. The van der Waals surface area contributed by atoms with E-state index < -0.39 is 17.3 Å². The van der Waals surface area contributed by atoms with Gasteiger partial charge in [-0.05, 0) is 65.6 Å². The third-order valence-electron chi connectivity index (χ3n) is 7.07. The number of fused-ring (bicyclic) bond motifs is 1. The molecule has 4 N–H and O–H groups in total. The Kier molecular flexibility index (Phi) is 9.93. The fraction of sp³-hybridized carbons (Fsp3) is 0.452. The minimum absolute atomic E-state index is 0.0124. The first-order valence-corrected chi connectivity index (χ1v) is 15.5. The molecule has 12 heteroatoms. The molecule has 0 fully saturated rings. The van der Waals surface area contributed by atoms with Crippen LogP contribution < -0.4 is 19.0 Å². The topological polar surface area (TPSA) is 143 Å². The molecule has 2 aromatic heterocycles. The van der Waals surface area contributed by atoms with Gasteiger partial charge in [-0.25, -0.2) is 4.52 Å². The van der Waals surface area contributed by atoms with Gasteiger partial charge in [0.2, 0.25) is 5.65 Å². The van der Waals surface area contributed by atoms with Crippen LogP contribution in [0.2, 0.25) is 0 Å². The second-order valence-corrected chi connectivity index (χ2v) is 13.1. The smallest absolute Gasteiger partial charge is 0.288 e. The van der Waals surface area contributed by atoms with Gasteiger partial charge in [-0.2, -0.15) is 8.93 Å². The molecule has 2 aromatic carbocycles. The van der Waals surface area contributed by atoms with Crippen LogP contribution >= 0.6 is 0 Å². The van der Waals surface area contributed by atoms with E-state index in [4.69, 9.17) is 14.0 Å². The number of amides is 1. The number of aliphatic hydroxyl groups is 1. The lowest BCUT2D eigenvalue weighted by Crippen LogP contribution is -2.32. The Morgan fingerprint density at radius 3 is 2.40 bits per heavy atom. The van der Waals surface area contributed by atoms with Crippen molar-refractivity contribution in [1.82, 2.24) is 29.9 Å². The summed E-state index contributed by atoms with van der Waals surface area (Å²) in [6.45, 7) is 16.4. The molecule has 0 aliphatic rings. The van der Waals surface area contributed by atoms with E-state index in [1.807, 2.05) is 46.8 Å². The van der Waals surface area contributed by atoms with Crippen LogP contribution in [0.15, 0.2) is 42.5 Å². The number of aryl methyl sites for hydroxylation is 1. The van der Waals surface area contributed by atoms with Crippen molar-refractivity contribution in [2.75, 3.05) is 13.2 Å². The van der Waals surface area contributed by atoms with Gasteiger partial charge in [0.25, 0.3) is 17.2 Å². The lowest BCUT2D eigenvalue weighted by molar-refractivity contribution is 0.0944. The van der Waals surface area contributed by atoms with Crippen LogP contribution in [0.4, 0.5) is 0 Å². The molecule has 1 amide bonds. The van der Waals surface area contributed by atoms with Gasteiger partial charge in [0.05, 0.1) is 18.3 Å². The largest absolute Gasteiger partial charge is 0.451 e. The number of nitrogens with one attached hydrogen (secondary N) is 3.